The molecule has 0 spiro atoms. The molecule has 0 saturated heterocycles. The Hall–Kier alpha value is -3.92. The molecule has 0 unspecified atom stereocenters. The van der Waals surface area contributed by atoms with Crippen molar-refractivity contribution in [1.29, 1.82) is 0 Å². The van der Waals surface area contributed by atoms with E-state index in [0.717, 1.165) is 28.3 Å². The van der Waals surface area contributed by atoms with Crippen LogP contribution in [0.3, 0.4) is 0 Å². The van der Waals surface area contributed by atoms with Gasteiger partial charge in [-0.2, -0.15) is 0 Å². The number of hydrogen-bond donors (Lipinski definition) is 0. The zero-order chi connectivity index (χ0) is 26.4. The standard InChI is InChI=1S/C26H35N6O4.ClH/c1-18-31(27-16-19-12-21(33-6)25(29(2)3)22(13-19)34-7)10-11-32(18)28-17-20-14-23(35-8)26(30(4)5)24(15-20)36-9;/h10-17H,1-9H3;1H/q+1;/p-1/b27-16+,28-17+;. The summed E-state index contributed by atoms with van der Waals surface area (Å²) in [6.07, 6.45) is 7.17. The Bertz CT molecular complexity index is 1120. The fourth-order valence-corrected chi connectivity index (χ4v) is 3.81. The van der Waals surface area contributed by atoms with E-state index < -0.39 is 0 Å². The molecule has 37 heavy (non-hydrogen) atoms. The number of imidazole rings is 1. The number of aromatic nitrogens is 2. The normalized spacial score (nSPS) is 10.9. The van der Waals surface area contributed by atoms with E-state index in [1.165, 1.54) is 0 Å². The topological polar surface area (TPSA) is 76.9 Å². The van der Waals surface area contributed by atoms with Crippen LogP contribution in [0, 0.1) is 6.92 Å². The van der Waals surface area contributed by atoms with Gasteiger partial charge in [0.05, 0.1) is 40.9 Å². The summed E-state index contributed by atoms with van der Waals surface area (Å²) >= 11 is 0. The first-order chi connectivity index (χ1) is 17.2. The Morgan fingerprint density at radius 3 is 1.51 bits per heavy atom. The molecule has 0 aliphatic heterocycles. The van der Waals surface area contributed by atoms with Crippen molar-refractivity contribution < 1.29 is 36.0 Å². The largest absolute Gasteiger partial charge is 1.00 e. The highest BCUT2D eigenvalue weighted by Crippen LogP contribution is 2.38. The summed E-state index contributed by atoms with van der Waals surface area (Å²) in [6, 6.07) is 7.68. The molecule has 3 aromatic rings. The molecular weight excluding hydrogens is 496 g/mol. The first kappa shape index (κ1) is 29.3. The van der Waals surface area contributed by atoms with Crippen LogP contribution in [0.25, 0.3) is 0 Å². The molecule has 0 amide bonds. The molecule has 0 radical (unpaired) electrons. The minimum atomic E-state index is 0. The zero-order valence-corrected chi connectivity index (χ0v) is 23.6. The number of rotatable bonds is 10. The molecule has 0 saturated carbocycles. The number of anilines is 2. The predicted octanol–water partition coefficient (Wildman–Crippen LogP) is 0.0188. The molecule has 11 heteroatoms. The fourth-order valence-electron chi connectivity index (χ4n) is 3.81. The molecule has 1 heterocycles. The summed E-state index contributed by atoms with van der Waals surface area (Å²) in [4.78, 5) is 3.91. The lowest BCUT2D eigenvalue weighted by Gasteiger charge is -2.20. The first-order valence-corrected chi connectivity index (χ1v) is 11.3. The third-order valence-electron chi connectivity index (χ3n) is 5.57. The predicted molar refractivity (Wildman–Crippen MR) is 143 cm³/mol. The van der Waals surface area contributed by atoms with Crippen molar-refractivity contribution in [2.24, 2.45) is 10.2 Å². The number of halogens is 1. The third-order valence-corrected chi connectivity index (χ3v) is 5.57. The highest BCUT2D eigenvalue weighted by atomic mass is 35.5. The Balaban J connectivity index is 0.00000481. The SMILES string of the molecule is COc1cc(/C=N/n2cc[n+](/N=C/c3cc(OC)c(N(C)C)c(OC)c3)c2C)cc(OC)c1N(C)C.[Cl-]. The summed E-state index contributed by atoms with van der Waals surface area (Å²) in [5.41, 5.74) is 3.43. The van der Waals surface area contributed by atoms with Crippen molar-refractivity contribution in [1.82, 2.24) is 4.68 Å². The molecule has 0 aliphatic rings. The molecule has 0 atom stereocenters. The maximum Gasteiger partial charge on any atom is 0.304 e. The molecule has 0 aliphatic carbocycles. The van der Waals surface area contributed by atoms with Crippen LogP contribution in [0.1, 0.15) is 17.0 Å². The van der Waals surface area contributed by atoms with Gasteiger partial charge in [-0.3, -0.25) is 0 Å². The van der Waals surface area contributed by atoms with Crippen LogP contribution in [0.5, 0.6) is 23.0 Å². The average molecular weight is 531 g/mol. The summed E-state index contributed by atoms with van der Waals surface area (Å²) in [7, 11) is 14.3. The van der Waals surface area contributed by atoms with Gasteiger partial charge in [-0.15, -0.1) is 9.35 Å². The van der Waals surface area contributed by atoms with E-state index in [1.807, 2.05) is 81.6 Å². The van der Waals surface area contributed by atoms with Gasteiger partial charge in [-0.25, -0.2) is 0 Å². The van der Waals surface area contributed by atoms with Gasteiger partial charge < -0.3 is 41.2 Å². The van der Waals surface area contributed by atoms with Crippen molar-refractivity contribution in [2.75, 3.05) is 66.4 Å². The molecule has 0 bridgehead atoms. The molecular formula is C26H35ClN6O4. The van der Waals surface area contributed by atoms with Crippen LogP contribution >= 0.6 is 0 Å². The second-order valence-corrected chi connectivity index (χ2v) is 8.36. The Labute approximate surface area is 224 Å². The molecule has 0 N–H and O–H groups in total. The van der Waals surface area contributed by atoms with E-state index in [-0.39, 0.29) is 12.4 Å². The van der Waals surface area contributed by atoms with Crippen molar-refractivity contribution in [3.63, 3.8) is 0 Å². The van der Waals surface area contributed by atoms with E-state index in [4.69, 9.17) is 18.9 Å². The smallest absolute Gasteiger partial charge is 0.304 e. The van der Waals surface area contributed by atoms with E-state index in [9.17, 15) is 0 Å². The lowest BCUT2D eigenvalue weighted by molar-refractivity contribution is -0.684. The number of hydrogen-bond acceptors (Lipinski definition) is 8. The molecule has 1 aromatic heterocycles. The second kappa shape index (κ2) is 12.9. The van der Waals surface area contributed by atoms with Gasteiger partial charge in [0, 0.05) is 46.2 Å². The fraction of sp³-hybridized carbons (Fsp3) is 0.346. The van der Waals surface area contributed by atoms with Gasteiger partial charge in [-0.1, -0.05) is 10.2 Å². The van der Waals surface area contributed by atoms with Gasteiger partial charge in [0.15, 0.2) is 12.4 Å². The Morgan fingerprint density at radius 1 is 0.730 bits per heavy atom. The lowest BCUT2D eigenvalue weighted by atomic mass is 10.1. The van der Waals surface area contributed by atoms with Crippen LogP contribution in [-0.2, 0) is 0 Å². The second-order valence-electron chi connectivity index (χ2n) is 8.36. The molecule has 3 rings (SSSR count). The quantitative estimate of drug-likeness (QED) is 0.272. The van der Waals surface area contributed by atoms with Crippen LogP contribution in [0.2, 0.25) is 0 Å². The van der Waals surface area contributed by atoms with E-state index in [0.29, 0.717) is 23.0 Å². The molecule has 2 aromatic carbocycles. The number of methoxy groups -OCH3 is 4. The molecule has 200 valence electrons. The summed E-state index contributed by atoms with van der Waals surface area (Å²) in [5, 5.41) is 9.18. The van der Waals surface area contributed by atoms with Gasteiger partial charge in [0.1, 0.15) is 34.4 Å². The maximum atomic E-state index is 5.56. The van der Waals surface area contributed by atoms with Gasteiger partial charge in [0.2, 0.25) is 0 Å². The van der Waals surface area contributed by atoms with Crippen LogP contribution in [-0.4, -0.2) is 73.7 Å². The summed E-state index contributed by atoms with van der Waals surface area (Å²) < 4.78 is 25.7. The number of ether oxygens (including phenoxy) is 4. The highest BCUT2D eigenvalue weighted by molar-refractivity contribution is 5.85. The molecule has 10 nitrogen and oxygen atoms in total. The summed E-state index contributed by atoms with van der Waals surface area (Å²) in [6.45, 7) is 1.93. The van der Waals surface area contributed by atoms with Crippen LogP contribution in [0.15, 0.2) is 46.9 Å². The number of benzene rings is 2. The minimum absolute atomic E-state index is 0. The molecule has 0 fully saturated rings. The first-order valence-electron chi connectivity index (χ1n) is 11.3. The maximum absolute atomic E-state index is 5.56. The van der Waals surface area contributed by atoms with E-state index >= 15 is 0 Å². The minimum Gasteiger partial charge on any atom is -1.00 e. The summed E-state index contributed by atoms with van der Waals surface area (Å²) in [5.74, 6) is 3.63. The van der Waals surface area contributed by atoms with Gasteiger partial charge in [0.25, 0.3) is 0 Å². The lowest BCUT2D eigenvalue weighted by Crippen LogP contribution is -3.00. The Morgan fingerprint density at radius 2 is 1.14 bits per heavy atom. The van der Waals surface area contributed by atoms with Crippen molar-refractivity contribution >= 4 is 23.8 Å². The van der Waals surface area contributed by atoms with Crippen molar-refractivity contribution in [3.8, 4) is 23.0 Å². The Kier molecular flexibility index (Phi) is 10.2. The third kappa shape index (κ3) is 6.45. The van der Waals surface area contributed by atoms with E-state index in [1.54, 1.807) is 50.2 Å². The van der Waals surface area contributed by atoms with Crippen LogP contribution < -0.4 is 45.8 Å². The van der Waals surface area contributed by atoms with Crippen molar-refractivity contribution in [2.45, 2.75) is 6.92 Å². The monoisotopic (exact) mass is 530 g/mol. The average Bonchev–Trinajstić information content (AvgIpc) is 3.23. The zero-order valence-electron chi connectivity index (χ0n) is 22.8. The van der Waals surface area contributed by atoms with Crippen molar-refractivity contribution in [3.05, 3.63) is 53.6 Å². The van der Waals surface area contributed by atoms with Crippen LogP contribution in [0.4, 0.5) is 11.4 Å². The van der Waals surface area contributed by atoms with Gasteiger partial charge in [-0.05, 0) is 24.3 Å². The van der Waals surface area contributed by atoms with Gasteiger partial charge >= 0.3 is 5.82 Å². The number of nitrogens with zero attached hydrogens (tertiary/aromatic N) is 6. The van der Waals surface area contributed by atoms with E-state index in [2.05, 4.69) is 10.2 Å². The highest BCUT2D eigenvalue weighted by Gasteiger charge is 2.16.